The number of carbonyl (C=O) groups is 1. The number of piperazine rings is 1. The summed E-state index contributed by atoms with van der Waals surface area (Å²) in [5.74, 6) is -0.522. The normalized spacial score (nSPS) is 16.1. The molecule has 2 aromatic rings. The maximum absolute atomic E-state index is 13.2. The van der Waals surface area contributed by atoms with Gasteiger partial charge in [-0.25, -0.2) is 4.39 Å². The van der Waals surface area contributed by atoms with E-state index in [-0.39, 0.29) is 12.3 Å². The highest BCUT2D eigenvalue weighted by molar-refractivity contribution is 5.77. The zero-order chi connectivity index (χ0) is 16.9. The Labute approximate surface area is 140 Å². The van der Waals surface area contributed by atoms with Crippen LogP contribution in [0, 0.1) is 5.82 Å². The Kier molecular flexibility index (Phi) is 5.05. The fourth-order valence-corrected chi connectivity index (χ4v) is 2.90. The van der Waals surface area contributed by atoms with Crippen molar-refractivity contribution in [3.63, 3.8) is 0 Å². The summed E-state index contributed by atoms with van der Waals surface area (Å²) in [4.78, 5) is 20.3. The molecule has 1 unspecified atom stereocenters. The molecule has 6 heteroatoms. The molecule has 1 aliphatic rings. The molecule has 1 amide bonds. The van der Waals surface area contributed by atoms with Crippen molar-refractivity contribution in [3.8, 4) is 0 Å². The molecule has 24 heavy (non-hydrogen) atoms. The highest BCUT2D eigenvalue weighted by Crippen LogP contribution is 2.20. The van der Waals surface area contributed by atoms with Gasteiger partial charge in [0.15, 0.2) is 0 Å². The lowest BCUT2D eigenvalue weighted by Crippen LogP contribution is -2.49. The summed E-state index contributed by atoms with van der Waals surface area (Å²) < 4.78 is 13.2. The van der Waals surface area contributed by atoms with Crippen molar-refractivity contribution in [1.29, 1.82) is 0 Å². The third-order valence-electron chi connectivity index (χ3n) is 4.26. The smallest absolute Gasteiger partial charge is 0.225 e. The minimum Gasteiger partial charge on any atom is -0.388 e. The molecule has 1 aromatic heterocycles. The van der Waals surface area contributed by atoms with Crippen LogP contribution >= 0.6 is 0 Å². The number of aliphatic hydroxyl groups excluding tert-OH is 1. The van der Waals surface area contributed by atoms with Crippen molar-refractivity contribution in [2.24, 2.45) is 0 Å². The van der Waals surface area contributed by atoms with Crippen molar-refractivity contribution in [1.82, 2.24) is 9.88 Å². The fourth-order valence-electron chi connectivity index (χ4n) is 2.90. The summed E-state index contributed by atoms with van der Waals surface area (Å²) in [6, 6.07) is 9.64. The quantitative estimate of drug-likeness (QED) is 0.932. The van der Waals surface area contributed by atoms with Gasteiger partial charge in [-0.15, -0.1) is 0 Å². The van der Waals surface area contributed by atoms with E-state index in [0.29, 0.717) is 18.7 Å². The van der Waals surface area contributed by atoms with Gasteiger partial charge in [0.25, 0.3) is 0 Å². The Hall–Kier alpha value is -2.47. The van der Waals surface area contributed by atoms with E-state index in [1.54, 1.807) is 23.4 Å². The third kappa shape index (κ3) is 3.89. The fraction of sp³-hybridized carbons (Fsp3) is 0.333. The summed E-state index contributed by atoms with van der Waals surface area (Å²) in [6.45, 7) is 2.70. The Morgan fingerprint density at radius 2 is 1.88 bits per heavy atom. The van der Waals surface area contributed by atoms with Gasteiger partial charge in [-0.05, 0) is 29.8 Å². The molecule has 1 fully saturated rings. The van der Waals surface area contributed by atoms with Gasteiger partial charge < -0.3 is 14.9 Å². The van der Waals surface area contributed by atoms with Gasteiger partial charge in [0, 0.05) is 44.3 Å². The lowest BCUT2D eigenvalue weighted by Gasteiger charge is -2.36. The molecular formula is C18H20FN3O2. The number of amides is 1. The molecule has 2 heterocycles. The summed E-state index contributed by atoms with van der Waals surface area (Å²) >= 11 is 0. The molecule has 1 atom stereocenters. The number of halogens is 1. The van der Waals surface area contributed by atoms with Crippen molar-refractivity contribution in [2.75, 3.05) is 31.1 Å². The van der Waals surface area contributed by atoms with E-state index in [9.17, 15) is 14.3 Å². The van der Waals surface area contributed by atoms with Crippen LogP contribution in [-0.2, 0) is 4.79 Å². The molecule has 0 saturated carbocycles. The Morgan fingerprint density at radius 1 is 1.17 bits per heavy atom. The second kappa shape index (κ2) is 7.40. The number of nitrogens with zero attached hydrogens (tertiary/aromatic N) is 3. The topological polar surface area (TPSA) is 56.7 Å². The monoisotopic (exact) mass is 329 g/mol. The molecule has 1 aliphatic heterocycles. The molecule has 126 valence electrons. The van der Waals surface area contributed by atoms with Crippen molar-refractivity contribution >= 4 is 11.6 Å². The number of hydrogen-bond acceptors (Lipinski definition) is 4. The molecular weight excluding hydrogens is 309 g/mol. The summed E-state index contributed by atoms with van der Waals surface area (Å²) in [5.41, 5.74) is 1.52. The maximum Gasteiger partial charge on any atom is 0.225 e. The number of pyridine rings is 1. The van der Waals surface area contributed by atoms with E-state index in [1.165, 1.54) is 18.2 Å². The van der Waals surface area contributed by atoms with Crippen LogP contribution in [0.5, 0.6) is 0 Å². The van der Waals surface area contributed by atoms with Gasteiger partial charge in [0.1, 0.15) is 5.82 Å². The van der Waals surface area contributed by atoms with E-state index in [0.717, 1.165) is 18.8 Å². The van der Waals surface area contributed by atoms with E-state index in [2.05, 4.69) is 9.88 Å². The van der Waals surface area contributed by atoms with Crippen molar-refractivity contribution < 1.29 is 14.3 Å². The zero-order valence-electron chi connectivity index (χ0n) is 13.3. The van der Waals surface area contributed by atoms with E-state index < -0.39 is 11.9 Å². The number of anilines is 1. The van der Waals surface area contributed by atoms with Gasteiger partial charge in [0.05, 0.1) is 12.5 Å². The molecule has 1 aromatic carbocycles. The number of hydrogen-bond donors (Lipinski definition) is 1. The van der Waals surface area contributed by atoms with Gasteiger partial charge in [-0.1, -0.05) is 12.1 Å². The number of aromatic nitrogens is 1. The second-order valence-electron chi connectivity index (χ2n) is 5.85. The first-order valence-electron chi connectivity index (χ1n) is 8.00. The molecule has 0 aliphatic carbocycles. The van der Waals surface area contributed by atoms with Crippen LogP contribution in [0.25, 0.3) is 0 Å². The molecule has 0 spiro atoms. The molecule has 1 saturated heterocycles. The van der Waals surface area contributed by atoms with Gasteiger partial charge >= 0.3 is 0 Å². The lowest BCUT2D eigenvalue weighted by molar-refractivity contribution is -0.133. The number of rotatable bonds is 4. The summed E-state index contributed by atoms with van der Waals surface area (Å²) in [7, 11) is 0. The van der Waals surface area contributed by atoms with Crippen molar-refractivity contribution in [2.45, 2.75) is 12.5 Å². The van der Waals surface area contributed by atoms with E-state index in [1.807, 2.05) is 12.1 Å². The first-order chi connectivity index (χ1) is 11.6. The Bertz CT molecular complexity index is 688. The molecule has 5 nitrogen and oxygen atoms in total. The molecule has 1 N–H and O–H groups in total. The van der Waals surface area contributed by atoms with Crippen LogP contribution in [0.15, 0.2) is 48.8 Å². The highest BCUT2D eigenvalue weighted by Gasteiger charge is 2.23. The average molecular weight is 329 g/mol. The van der Waals surface area contributed by atoms with Crippen LogP contribution in [0.4, 0.5) is 10.1 Å². The molecule has 0 radical (unpaired) electrons. The molecule has 3 rings (SSSR count). The molecule has 0 bridgehead atoms. The zero-order valence-corrected chi connectivity index (χ0v) is 13.3. The van der Waals surface area contributed by atoms with Gasteiger partial charge in [0.2, 0.25) is 5.91 Å². The SMILES string of the molecule is O=C(CC(O)c1cccc(F)c1)N1CCN(c2ccncc2)CC1. The minimum atomic E-state index is -0.980. The van der Waals surface area contributed by atoms with Crippen LogP contribution in [0.3, 0.4) is 0 Å². The maximum atomic E-state index is 13.2. The number of benzene rings is 1. The van der Waals surface area contributed by atoms with E-state index >= 15 is 0 Å². The Balaban J connectivity index is 1.54. The van der Waals surface area contributed by atoms with Crippen LogP contribution < -0.4 is 4.90 Å². The average Bonchev–Trinajstić information content (AvgIpc) is 2.62. The standard InChI is InChI=1S/C18H20FN3O2/c19-15-3-1-2-14(12-15)17(23)13-18(24)22-10-8-21(9-11-22)16-4-6-20-7-5-16/h1-7,12,17,23H,8-11,13H2. The predicted octanol–water partition coefficient (Wildman–Crippen LogP) is 1.99. The highest BCUT2D eigenvalue weighted by atomic mass is 19.1. The second-order valence-corrected chi connectivity index (χ2v) is 5.85. The van der Waals surface area contributed by atoms with E-state index in [4.69, 9.17) is 0 Å². The first-order valence-corrected chi connectivity index (χ1v) is 8.00. The van der Waals surface area contributed by atoms with Gasteiger partial charge in [-0.2, -0.15) is 0 Å². The summed E-state index contributed by atoms with van der Waals surface area (Å²) in [6.07, 6.45) is 2.50. The minimum absolute atomic E-state index is 0.0291. The van der Waals surface area contributed by atoms with Crippen molar-refractivity contribution in [3.05, 3.63) is 60.2 Å². The first kappa shape index (κ1) is 16.4. The van der Waals surface area contributed by atoms with Crippen LogP contribution in [-0.4, -0.2) is 47.1 Å². The summed E-state index contributed by atoms with van der Waals surface area (Å²) in [5, 5.41) is 10.1. The number of carbonyl (C=O) groups excluding carboxylic acids is 1. The van der Waals surface area contributed by atoms with Crippen LogP contribution in [0.2, 0.25) is 0 Å². The Morgan fingerprint density at radius 3 is 2.54 bits per heavy atom. The predicted molar refractivity (Wildman–Crippen MR) is 89.0 cm³/mol. The van der Waals surface area contributed by atoms with Gasteiger partial charge in [-0.3, -0.25) is 9.78 Å². The van der Waals surface area contributed by atoms with Crippen LogP contribution in [0.1, 0.15) is 18.1 Å². The number of aliphatic hydroxyl groups is 1. The largest absolute Gasteiger partial charge is 0.388 e. The third-order valence-corrected chi connectivity index (χ3v) is 4.26. The lowest BCUT2D eigenvalue weighted by atomic mass is 10.1.